The molecule has 3 aliphatic carbocycles. The van der Waals surface area contributed by atoms with Gasteiger partial charge < -0.3 is 14.6 Å². The minimum absolute atomic E-state index is 0.0808. The Balaban J connectivity index is 1.41. The van der Waals surface area contributed by atoms with Crippen LogP contribution in [0, 0.1) is 23.2 Å². The van der Waals surface area contributed by atoms with Crippen molar-refractivity contribution in [3.8, 4) is 5.75 Å². The van der Waals surface area contributed by atoms with Gasteiger partial charge in [0, 0.05) is 49.3 Å². The van der Waals surface area contributed by atoms with Crippen LogP contribution in [0.25, 0.3) is 10.9 Å². The molecule has 0 radical (unpaired) electrons. The molecule has 1 spiro atoms. The smallest absolute Gasteiger partial charge is 0.308 e. The Labute approximate surface area is 174 Å². The summed E-state index contributed by atoms with van der Waals surface area (Å²) in [5.41, 5.74) is 5.09. The second-order valence-electron chi connectivity index (χ2n) is 10.1. The van der Waals surface area contributed by atoms with E-state index in [9.17, 15) is 9.59 Å². The van der Waals surface area contributed by atoms with Crippen LogP contribution in [0.2, 0.25) is 0 Å². The second-order valence-corrected chi connectivity index (χ2v) is 10.4. The Hall–Kier alpha value is -2.01. The van der Waals surface area contributed by atoms with Crippen LogP contribution in [0.15, 0.2) is 12.3 Å². The number of anilines is 1. The molecule has 4 unspecified atom stereocenters. The number of nitrogens with one attached hydrogen (secondary N) is 1. The Bertz CT molecular complexity index is 1120. The van der Waals surface area contributed by atoms with Crippen molar-refractivity contribution in [3.05, 3.63) is 23.4 Å². The molecule has 5 nitrogen and oxygen atoms in total. The molecule has 1 amide bonds. The first-order valence-electron chi connectivity index (χ1n) is 10.4. The predicted molar refractivity (Wildman–Crippen MR) is 112 cm³/mol. The molecule has 1 aromatic heterocycles. The van der Waals surface area contributed by atoms with Gasteiger partial charge in [-0.15, -0.1) is 11.6 Å². The molecule has 1 aromatic carbocycles. The Morgan fingerprint density at radius 2 is 2.14 bits per heavy atom. The molecule has 1 N–H and O–H groups in total. The van der Waals surface area contributed by atoms with E-state index in [0.717, 1.165) is 27.7 Å². The molecule has 0 bridgehead atoms. The number of carbonyl (C=O) groups excluding carboxylic acids is 2. The second kappa shape index (κ2) is 5.18. The van der Waals surface area contributed by atoms with Crippen LogP contribution >= 0.6 is 11.6 Å². The van der Waals surface area contributed by atoms with Crippen LogP contribution in [0.4, 0.5) is 5.69 Å². The van der Waals surface area contributed by atoms with Gasteiger partial charge in [-0.25, -0.2) is 0 Å². The fraction of sp³-hybridized carbons (Fsp3) is 0.565. The fourth-order valence-electron chi connectivity index (χ4n) is 7.15. The minimum atomic E-state index is -0.371. The summed E-state index contributed by atoms with van der Waals surface area (Å²) in [6.07, 6.45) is 6.26. The van der Waals surface area contributed by atoms with E-state index in [2.05, 4.69) is 11.9 Å². The third kappa shape index (κ3) is 2.02. The van der Waals surface area contributed by atoms with Gasteiger partial charge in [0.1, 0.15) is 0 Å². The molecule has 6 rings (SSSR count). The maximum Gasteiger partial charge on any atom is 0.308 e. The summed E-state index contributed by atoms with van der Waals surface area (Å²) in [7, 11) is 0. The van der Waals surface area contributed by atoms with E-state index in [-0.39, 0.29) is 23.2 Å². The first kappa shape index (κ1) is 17.8. The van der Waals surface area contributed by atoms with Crippen LogP contribution in [-0.2, 0) is 9.59 Å². The number of carbonyl (C=O) groups is 2. The topological polar surface area (TPSA) is 62.4 Å². The van der Waals surface area contributed by atoms with Crippen molar-refractivity contribution in [1.82, 2.24) is 4.98 Å². The summed E-state index contributed by atoms with van der Waals surface area (Å²) in [5.74, 6) is 0.830. The number of fused-ring (bicyclic) bond motifs is 3. The number of aromatic nitrogens is 1. The number of H-pyrrole nitrogens is 1. The Kier molecular flexibility index (Phi) is 3.18. The quantitative estimate of drug-likeness (QED) is 0.451. The van der Waals surface area contributed by atoms with E-state index < -0.39 is 0 Å². The molecule has 2 aromatic rings. The molecule has 4 aliphatic rings. The molecule has 3 saturated carbocycles. The van der Waals surface area contributed by atoms with E-state index in [0.29, 0.717) is 35.4 Å². The number of alkyl halides is 1. The molecule has 152 valence electrons. The van der Waals surface area contributed by atoms with E-state index in [1.807, 2.05) is 24.1 Å². The van der Waals surface area contributed by atoms with Gasteiger partial charge in [0.2, 0.25) is 5.91 Å². The third-order valence-corrected chi connectivity index (χ3v) is 8.82. The number of halogens is 1. The Morgan fingerprint density at radius 1 is 1.34 bits per heavy atom. The molecule has 0 saturated heterocycles. The number of aromatic amines is 1. The molecule has 3 fully saturated rings. The largest absolute Gasteiger partial charge is 0.424 e. The SMILES string of the molecule is CC(=O)Oc1cc2c(c3c(C)c[nH]c13)C(CCl)CN2C(=O)CC12CC3(C)CC31C2. The number of ether oxygens (including phenoxy) is 1. The van der Waals surface area contributed by atoms with Gasteiger partial charge in [-0.2, -0.15) is 0 Å². The highest BCUT2D eigenvalue weighted by molar-refractivity contribution is 6.19. The van der Waals surface area contributed by atoms with Crippen molar-refractivity contribution in [2.24, 2.45) is 16.2 Å². The van der Waals surface area contributed by atoms with Crippen LogP contribution < -0.4 is 9.64 Å². The maximum absolute atomic E-state index is 13.4. The number of aryl methyl sites for hydroxylation is 1. The first-order valence-corrected chi connectivity index (χ1v) is 11.0. The monoisotopic (exact) mass is 412 g/mol. The highest BCUT2D eigenvalue weighted by Crippen LogP contribution is 3.01. The zero-order chi connectivity index (χ0) is 20.3. The Morgan fingerprint density at radius 3 is 2.72 bits per heavy atom. The third-order valence-electron chi connectivity index (χ3n) is 8.45. The average molecular weight is 413 g/mol. The van der Waals surface area contributed by atoms with Crippen molar-refractivity contribution in [1.29, 1.82) is 0 Å². The zero-order valence-electron chi connectivity index (χ0n) is 17.0. The minimum Gasteiger partial charge on any atom is -0.424 e. The fourth-order valence-corrected chi connectivity index (χ4v) is 7.40. The summed E-state index contributed by atoms with van der Waals surface area (Å²) in [6, 6.07) is 1.85. The van der Waals surface area contributed by atoms with Crippen molar-refractivity contribution in [2.45, 2.75) is 52.4 Å². The van der Waals surface area contributed by atoms with E-state index in [4.69, 9.17) is 16.3 Å². The number of hydrogen-bond donors (Lipinski definition) is 1. The van der Waals surface area contributed by atoms with Gasteiger partial charge in [0.25, 0.3) is 0 Å². The number of esters is 1. The highest BCUT2D eigenvalue weighted by atomic mass is 35.5. The van der Waals surface area contributed by atoms with Crippen molar-refractivity contribution in [2.75, 3.05) is 17.3 Å². The molecule has 6 heteroatoms. The summed E-state index contributed by atoms with van der Waals surface area (Å²) < 4.78 is 5.50. The van der Waals surface area contributed by atoms with Crippen LogP contribution in [0.1, 0.15) is 56.6 Å². The van der Waals surface area contributed by atoms with Crippen molar-refractivity contribution in [3.63, 3.8) is 0 Å². The lowest BCUT2D eigenvalue weighted by atomic mass is 9.74. The van der Waals surface area contributed by atoms with Gasteiger partial charge >= 0.3 is 5.97 Å². The van der Waals surface area contributed by atoms with E-state index >= 15 is 0 Å². The average Bonchev–Trinajstić information content (AvgIpc) is 3.12. The lowest BCUT2D eigenvalue weighted by Gasteiger charge is -2.32. The molecule has 1 aliphatic heterocycles. The van der Waals surface area contributed by atoms with Gasteiger partial charge in [-0.1, -0.05) is 6.92 Å². The van der Waals surface area contributed by atoms with Crippen LogP contribution in [0.5, 0.6) is 5.75 Å². The highest BCUT2D eigenvalue weighted by Gasteiger charge is 2.94. The van der Waals surface area contributed by atoms with E-state index in [1.54, 1.807) is 0 Å². The number of rotatable bonds is 4. The normalized spacial score (nSPS) is 35.6. The zero-order valence-corrected chi connectivity index (χ0v) is 17.8. The molecule has 4 atom stereocenters. The first-order chi connectivity index (χ1) is 13.7. The van der Waals surface area contributed by atoms with Crippen LogP contribution in [-0.4, -0.2) is 29.3 Å². The van der Waals surface area contributed by atoms with Gasteiger partial charge in [-0.3, -0.25) is 9.59 Å². The summed E-state index contributed by atoms with van der Waals surface area (Å²) in [4.78, 5) is 30.2. The predicted octanol–water partition coefficient (Wildman–Crippen LogP) is 4.65. The lowest BCUT2D eigenvalue weighted by molar-refractivity contribution is -0.131. The number of nitrogens with zero attached hydrogens (tertiary/aromatic N) is 1. The number of amides is 1. The van der Waals surface area contributed by atoms with Crippen LogP contribution in [0.3, 0.4) is 0 Å². The molecular formula is C23H25ClN2O3. The molecular weight excluding hydrogens is 388 g/mol. The van der Waals surface area contributed by atoms with Gasteiger partial charge in [0.15, 0.2) is 5.75 Å². The lowest BCUT2D eigenvalue weighted by Crippen LogP contribution is -2.35. The van der Waals surface area contributed by atoms with E-state index in [1.165, 1.54) is 26.2 Å². The number of hydrogen-bond acceptors (Lipinski definition) is 3. The van der Waals surface area contributed by atoms with Gasteiger partial charge in [-0.05, 0) is 53.6 Å². The summed E-state index contributed by atoms with van der Waals surface area (Å²) in [5, 5.41) is 1.03. The summed E-state index contributed by atoms with van der Waals surface area (Å²) in [6.45, 7) is 6.39. The molecule has 29 heavy (non-hydrogen) atoms. The van der Waals surface area contributed by atoms with Gasteiger partial charge in [0.05, 0.1) is 11.2 Å². The van der Waals surface area contributed by atoms with Crippen molar-refractivity contribution < 1.29 is 14.3 Å². The van der Waals surface area contributed by atoms with Crippen molar-refractivity contribution >= 4 is 40.1 Å². The maximum atomic E-state index is 13.4. The molecule has 2 heterocycles. The summed E-state index contributed by atoms with van der Waals surface area (Å²) >= 11 is 6.34. The standard InChI is InChI=1S/C23H25ClN2O3/c1-12-7-25-20-16(29-13(2)27)4-15-19(18(12)20)14(6-24)8-26(15)17(28)5-22-9-21(3)10-23(21,22)11-22/h4,7,14,25H,5-6,8-11H2,1-3H3. The number of benzene rings is 1.